The van der Waals surface area contributed by atoms with Crippen LogP contribution in [-0.2, 0) is 28.5 Å². The Balaban J connectivity index is 1.92. The van der Waals surface area contributed by atoms with Crippen molar-refractivity contribution in [2.45, 2.75) is 44.2 Å². The van der Waals surface area contributed by atoms with Crippen LogP contribution in [0.2, 0.25) is 0 Å². The van der Waals surface area contributed by atoms with Crippen LogP contribution in [0.25, 0.3) is 0 Å². The predicted octanol–water partition coefficient (Wildman–Crippen LogP) is 5.03. The van der Waals surface area contributed by atoms with E-state index in [-0.39, 0.29) is 23.4 Å². The standard InChI is InChI=1S/C24H30N2O3S/c1-24(2,3)20-10-14-23(15-11-20)30(27,28)26(18-22-7-6-16-29-22)17-19-8-12-21(13-9-19)25(4)5/h6-16H,17-18H2,1-5H3. The molecule has 5 nitrogen and oxygen atoms in total. The Bertz CT molecular complexity index is 1050. The third-order valence-corrected chi connectivity index (χ3v) is 6.89. The second-order valence-electron chi connectivity index (χ2n) is 8.69. The summed E-state index contributed by atoms with van der Waals surface area (Å²) in [5.74, 6) is 0.606. The van der Waals surface area contributed by atoms with Gasteiger partial charge in [-0.25, -0.2) is 8.42 Å². The Kier molecular flexibility index (Phi) is 6.38. The molecule has 0 bridgehead atoms. The van der Waals surface area contributed by atoms with Gasteiger partial charge in [0.05, 0.1) is 17.7 Å². The average Bonchev–Trinajstić information content (AvgIpc) is 3.20. The van der Waals surface area contributed by atoms with Gasteiger partial charge in [-0.15, -0.1) is 0 Å². The maximum atomic E-state index is 13.5. The van der Waals surface area contributed by atoms with Crippen LogP contribution in [0.1, 0.15) is 37.7 Å². The van der Waals surface area contributed by atoms with E-state index in [1.165, 1.54) is 4.31 Å². The van der Waals surface area contributed by atoms with Gasteiger partial charge in [-0.3, -0.25) is 0 Å². The molecule has 0 spiro atoms. The molecular formula is C24H30N2O3S. The van der Waals surface area contributed by atoms with Crippen LogP contribution >= 0.6 is 0 Å². The first-order valence-corrected chi connectivity index (χ1v) is 11.4. The van der Waals surface area contributed by atoms with Gasteiger partial charge in [0.1, 0.15) is 5.76 Å². The largest absolute Gasteiger partial charge is 0.468 e. The maximum Gasteiger partial charge on any atom is 0.243 e. The summed E-state index contributed by atoms with van der Waals surface area (Å²) in [7, 11) is 0.251. The van der Waals surface area contributed by atoms with E-state index in [4.69, 9.17) is 4.42 Å². The van der Waals surface area contributed by atoms with Crippen LogP contribution in [0, 0.1) is 0 Å². The van der Waals surface area contributed by atoms with E-state index in [1.807, 2.05) is 55.4 Å². The molecule has 0 aliphatic carbocycles. The van der Waals surface area contributed by atoms with Crippen LogP contribution in [0.5, 0.6) is 0 Å². The molecule has 160 valence electrons. The van der Waals surface area contributed by atoms with Gasteiger partial charge in [0.25, 0.3) is 0 Å². The molecule has 0 aliphatic rings. The van der Waals surface area contributed by atoms with Gasteiger partial charge in [0.15, 0.2) is 0 Å². The number of sulfonamides is 1. The first kappa shape index (κ1) is 22.1. The van der Waals surface area contributed by atoms with Gasteiger partial charge in [-0.1, -0.05) is 45.0 Å². The van der Waals surface area contributed by atoms with E-state index in [2.05, 4.69) is 20.8 Å². The molecule has 2 aromatic carbocycles. The van der Waals surface area contributed by atoms with Gasteiger partial charge in [0, 0.05) is 26.3 Å². The number of hydrogen-bond donors (Lipinski definition) is 0. The average molecular weight is 427 g/mol. The van der Waals surface area contributed by atoms with Crippen LogP contribution in [-0.4, -0.2) is 26.8 Å². The molecule has 0 radical (unpaired) electrons. The molecule has 0 amide bonds. The summed E-state index contributed by atoms with van der Waals surface area (Å²) in [6.07, 6.45) is 1.56. The molecule has 30 heavy (non-hydrogen) atoms. The number of rotatable bonds is 7. The van der Waals surface area contributed by atoms with Gasteiger partial charge in [-0.2, -0.15) is 4.31 Å². The molecule has 3 rings (SSSR count). The number of nitrogens with zero attached hydrogens (tertiary/aromatic N) is 2. The van der Waals surface area contributed by atoms with E-state index in [0.29, 0.717) is 5.76 Å². The molecule has 0 unspecified atom stereocenters. The molecule has 3 aromatic rings. The highest BCUT2D eigenvalue weighted by Gasteiger charge is 2.26. The van der Waals surface area contributed by atoms with Gasteiger partial charge in [0.2, 0.25) is 10.0 Å². The number of anilines is 1. The Morgan fingerprint density at radius 1 is 0.867 bits per heavy atom. The summed E-state index contributed by atoms with van der Waals surface area (Å²) >= 11 is 0. The smallest absolute Gasteiger partial charge is 0.243 e. The minimum atomic E-state index is -3.70. The molecule has 1 heterocycles. The Hall–Kier alpha value is -2.57. The topological polar surface area (TPSA) is 53.8 Å². The van der Waals surface area contributed by atoms with Crippen molar-refractivity contribution in [2.75, 3.05) is 19.0 Å². The molecule has 0 saturated carbocycles. The molecular weight excluding hydrogens is 396 g/mol. The van der Waals surface area contributed by atoms with Gasteiger partial charge < -0.3 is 9.32 Å². The molecule has 0 saturated heterocycles. The zero-order valence-electron chi connectivity index (χ0n) is 18.3. The van der Waals surface area contributed by atoms with Gasteiger partial charge in [-0.05, 0) is 52.9 Å². The number of furan rings is 1. The highest BCUT2D eigenvalue weighted by molar-refractivity contribution is 7.89. The fraction of sp³-hybridized carbons (Fsp3) is 0.333. The van der Waals surface area contributed by atoms with Crippen molar-refractivity contribution < 1.29 is 12.8 Å². The molecule has 0 fully saturated rings. The lowest BCUT2D eigenvalue weighted by molar-refractivity contribution is 0.358. The zero-order valence-corrected chi connectivity index (χ0v) is 19.1. The quantitative estimate of drug-likeness (QED) is 0.531. The summed E-state index contributed by atoms with van der Waals surface area (Å²) < 4.78 is 33.8. The first-order valence-electron chi connectivity index (χ1n) is 9.97. The van der Waals surface area contributed by atoms with Crippen LogP contribution < -0.4 is 4.90 Å². The van der Waals surface area contributed by atoms with Crippen molar-refractivity contribution in [1.82, 2.24) is 4.31 Å². The summed E-state index contributed by atoms with van der Waals surface area (Å²) in [5.41, 5.74) is 3.04. The van der Waals surface area contributed by atoms with Crippen molar-refractivity contribution in [3.8, 4) is 0 Å². The normalized spacial score (nSPS) is 12.3. The highest BCUT2D eigenvalue weighted by atomic mass is 32.2. The summed E-state index contributed by atoms with van der Waals surface area (Å²) in [5, 5.41) is 0. The van der Waals surface area contributed by atoms with Crippen LogP contribution in [0.4, 0.5) is 5.69 Å². The Morgan fingerprint density at radius 2 is 1.50 bits per heavy atom. The molecule has 6 heteroatoms. The number of hydrogen-bond acceptors (Lipinski definition) is 4. The minimum absolute atomic E-state index is 0.0374. The lowest BCUT2D eigenvalue weighted by Gasteiger charge is -2.23. The minimum Gasteiger partial charge on any atom is -0.468 e. The fourth-order valence-corrected chi connectivity index (χ4v) is 4.58. The summed E-state index contributed by atoms with van der Waals surface area (Å²) in [6, 6.07) is 18.6. The van der Waals surface area contributed by atoms with Crippen molar-refractivity contribution in [3.63, 3.8) is 0 Å². The lowest BCUT2D eigenvalue weighted by atomic mass is 9.87. The van der Waals surface area contributed by atoms with E-state index in [1.54, 1.807) is 30.5 Å². The zero-order chi connectivity index (χ0) is 21.9. The van der Waals surface area contributed by atoms with E-state index in [9.17, 15) is 8.42 Å². The van der Waals surface area contributed by atoms with Crippen molar-refractivity contribution in [1.29, 1.82) is 0 Å². The van der Waals surface area contributed by atoms with E-state index < -0.39 is 10.0 Å². The predicted molar refractivity (Wildman–Crippen MR) is 121 cm³/mol. The van der Waals surface area contributed by atoms with Crippen molar-refractivity contribution in [3.05, 3.63) is 83.8 Å². The van der Waals surface area contributed by atoms with Crippen LogP contribution in [0.3, 0.4) is 0 Å². The number of benzene rings is 2. The second-order valence-corrected chi connectivity index (χ2v) is 10.6. The van der Waals surface area contributed by atoms with Crippen molar-refractivity contribution in [2.24, 2.45) is 0 Å². The Labute approximate surface area is 180 Å². The van der Waals surface area contributed by atoms with E-state index in [0.717, 1.165) is 16.8 Å². The summed E-state index contributed by atoms with van der Waals surface area (Å²) in [4.78, 5) is 2.30. The lowest BCUT2D eigenvalue weighted by Crippen LogP contribution is -2.30. The monoisotopic (exact) mass is 426 g/mol. The van der Waals surface area contributed by atoms with Gasteiger partial charge >= 0.3 is 0 Å². The first-order chi connectivity index (χ1) is 14.1. The second kappa shape index (κ2) is 8.66. The molecule has 1 aromatic heterocycles. The molecule has 0 N–H and O–H groups in total. The fourth-order valence-electron chi connectivity index (χ4n) is 3.18. The van der Waals surface area contributed by atoms with Crippen molar-refractivity contribution >= 4 is 15.7 Å². The third-order valence-electron chi connectivity index (χ3n) is 5.08. The maximum absolute atomic E-state index is 13.5. The highest BCUT2D eigenvalue weighted by Crippen LogP contribution is 2.26. The Morgan fingerprint density at radius 3 is 2.00 bits per heavy atom. The molecule has 0 aliphatic heterocycles. The third kappa shape index (κ3) is 5.12. The van der Waals surface area contributed by atoms with Crippen LogP contribution in [0.15, 0.2) is 76.2 Å². The SMILES string of the molecule is CN(C)c1ccc(CN(Cc2ccco2)S(=O)(=O)c2ccc(C(C)(C)C)cc2)cc1. The molecule has 0 atom stereocenters. The van der Waals surface area contributed by atoms with E-state index >= 15 is 0 Å². The summed E-state index contributed by atoms with van der Waals surface area (Å²) in [6.45, 7) is 6.76.